The Bertz CT molecular complexity index is 339. The van der Waals surface area contributed by atoms with Crippen molar-refractivity contribution in [1.29, 1.82) is 0 Å². The van der Waals surface area contributed by atoms with E-state index in [1.807, 2.05) is 0 Å². The molecule has 0 fully saturated rings. The van der Waals surface area contributed by atoms with Gasteiger partial charge in [-0.05, 0) is 17.7 Å². The van der Waals surface area contributed by atoms with Crippen LogP contribution in [0.5, 0.6) is 5.75 Å². The highest BCUT2D eigenvalue weighted by molar-refractivity contribution is 6.29. The standard InChI is InChI=1S/C10H10ClFO2/c1-7(11)6-14-10-3-2-8(5-13)4-9(10)12/h2-4,13H,1,5-6H2. The van der Waals surface area contributed by atoms with E-state index in [4.69, 9.17) is 21.4 Å². The molecule has 0 aliphatic rings. The molecule has 1 rings (SSSR count). The summed E-state index contributed by atoms with van der Waals surface area (Å²) < 4.78 is 18.2. The molecule has 0 bridgehead atoms. The minimum atomic E-state index is -0.519. The van der Waals surface area contributed by atoms with Crippen LogP contribution in [0.4, 0.5) is 4.39 Å². The first kappa shape index (κ1) is 11.0. The van der Waals surface area contributed by atoms with Crippen molar-refractivity contribution in [1.82, 2.24) is 0 Å². The van der Waals surface area contributed by atoms with Gasteiger partial charge in [0.25, 0.3) is 0 Å². The maximum Gasteiger partial charge on any atom is 0.165 e. The van der Waals surface area contributed by atoms with E-state index in [-0.39, 0.29) is 19.0 Å². The van der Waals surface area contributed by atoms with E-state index in [2.05, 4.69) is 6.58 Å². The summed E-state index contributed by atoms with van der Waals surface area (Å²) in [7, 11) is 0. The van der Waals surface area contributed by atoms with Crippen molar-refractivity contribution in [2.75, 3.05) is 6.61 Å². The van der Waals surface area contributed by atoms with Crippen LogP contribution in [-0.4, -0.2) is 11.7 Å². The number of ether oxygens (including phenoxy) is 1. The molecule has 76 valence electrons. The van der Waals surface area contributed by atoms with Crippen molar-refractivity contribution in [3.05, 3.63) is 41.2 Å². The number of hydrogen-bond donors (Lipinski definition) is 1. The molecule has 0 atom stereocenters. The van der Waals surface area contributed by atoms with Crippen molar-refractivity contribution < 1.29 is 14.2 Å². The number of halogens is 2. The molecule has 0 heterocycles. The van der Waals surface area contributed by atoms with Gasteiger partial charge in [0.1, 0.15) is 6.61 Å². The van der Waals surface area contributed by atoms with Crippen molar-refractivity contribution in [2.45, 2.75) is 6.61 Å². The molecule has 0 aliphatic heterocycles. The van der Waals surface area contributed by atoms with Gasteiger partial charge in [-0.25, -0.2) is 4.39 Å². The Morgan fingerprint density at radius 3 is 2.79 bits per heavy atom. The molecule has 0 saturated carbocycles. The Hall–Kier alpha value is -1.06. The lowest BCUT2D eigenvalue weighted by atomic mass is 10.2. The maximum atomic E-state index is 13.2. The van der Waals surface area contributed by atoms with Crippen molar-refractivity contribution >= 4 is 11.6 Å². The minimum Gasteiger partial charge on any atom is -0.485 e. The molecule has 0 radical (unpaired) electrons. The highest BCUT2D eigenvalue weighted by Gasteiger charge is 2.04. The van der Waals surface area contributed by atoms with Gasteiger partial charge in [0.2, 0.25) is 0 Å². The van der Waals surface area contributed by atoms with Gasteiger partial charge in [0.05, 0.1) is 6.61 Å². The Labute approximate surface area is 86.6 Å². The first-order chi connectivity index (χ1) is 6.63. The normalized spacial score (nSPS) is 9.93. The van der Waals surface area contributed by atoms with Crippen LogP contribution in [0.25, 0.3) is 0 Å². The number of benzene rings is 1. The van der Waals surface area contributed by atoms with Gasteiger partial charge < -0.3 is 9.84 Å². The summed E-state index contributed by atoms with van der Waals surface area (Å²) in [5, 5.41) is 9.03. The monoisotopic (exact) mass is 216 g/mol. The molecule has 0 aliphatic carbocycles. The molecule has 1 aromatic rings. The van der Waals surface area contributed by atoms with E-state index in [0.29, 0.717) is 10.6 Å². The third-order valence-corrected chi connectivity index (χ3v) is 1.67. The Morgan fingerprint density at radius 2 is 2.29 bits per heavy atom. The third kappa shape index (κ3) is 3.01. The highest BCUT2D eigenvalue weighted by atomic mass is 35.5. The summed E-state index contributed by atoms with van der Waals surface area (Å²) in [5.74, 6) is -0.418. The van der Waals surface area contributed by atoms with Crippen LogP contribution < -0.4 is 4.74 Å². The lowest BCUT2D eigenvalue weighted by molar-refractivity contribution is 0.280. The summed E-state index contributed by atoms with van der Waals surface area (Å²) in [6.07, 6.45) is 0. The topological polar surface area (TPSA) is 29.5 Å². The number of hydrogen-bond acceptors (Lipinski definition) is 2. The molecule has 0 amide bonds. The zero-order chi connectivity index (χ0) is 10.6. The van der Waals surface area contributed by atoms with Crippen LogP contribution in [0.2, 0.25) is 0 Å². The largest absolute Gasteiger partial charge is 0.485 e. The molecule has 0 aromatic heterocycles. The molecule has 0 unspecified atom stereocenters. The van der Waals surface area contributed by atoms with Crippen molar-refractivity contribution in [2.24, 2.45) is 0 Å². The van der Waals surface area contributed by atoms with Crippen LogP contribution in [0, 0.1) is 5.82 Å². The first-order valence-electron chi connectivity index (χ1n) is 3.99. The van der Waals surface area contributed by atoms with Crippen molar-refractivity contribution in [3.63, 3.8) is 0 Å². The number of aliphatic hydroxyl groups is 1. The summed E-state index contributed by atoms with van der Waals surface area (Å²) >= 11 is 5.46. The molecule has 2 nitrogen and oxygen atoms in total. The quantitative estimate of drug-likeness (QED) is 0.838. The summed E-state index contributed by atoms with van der Waals surface area (Å²) in [6.45, 7) is 3.28. The zero-order valence-electron chi connectivity index (χ0n) is 7.46. The van der Waals surface area contributed by atoms with Crippen LogP contribution in [-0.2, 0) is 6.61 Å². The molecule has 1 aromatic carbocycles. The third-order valence-electron chi connectivity index (χ3n) is 1.56. The molecule has 4 heteroatoms. The number of rotatable bonds is 4. The van der Waals surface area contributed by atoms with Gasteiger partial charge in [-0.1, -0.05) is 24.2 Å². The predicted molar refractivity (Wildman–Crippen MR) is 52.8 cm³/mol. The van der Waals surface area contributed by atoms with E-state index >= 15 is 0 Å². The van der Waals surface area contributed by atoms with Crippen LogP contribution in [0.15, 0.2) is 29.8 Å². The fourth-order valence-corrected chi connectivity index (χ4v) is 0.970. The highest BCUT2D eigenvalue weighted by Crippen LogP contribution is 2.19. The Morgan fingerprint density at radius 1 is 1.57 bits per heavy atom. The van der Waals surface area contributed by atoms with Crippen LogP contribution in [0.3, 0.4) is 0 Å². The summed E-state index contributed by atoms with van der Waals surface area (Å²) in [5.41, 5.74) is 0.500. The molecule has 0 spiro atoms. The van der Waals surface area contributed by atoms with E-state index in [9.17, 15) is 4.39 Å². The Balaban J connectivity index is 2.73. The second-order valence-electron chi connectivity index (χ2n) is 2.73. The lowest BCUT2D eigenvalue weighted by Gasteiger charge is -2.06. The van der Waals surface area contributed by atoms with E-state index in [0.717, 1.165) is 0 Å². The molecular weight excluding hydrogens is 207 g/mol. The average molecular weight is 217 g/mol. The zero-order valence-corrected chi connectivity index (χ0v) is 8.22. The van der Waals surface area contributed by atoms with Gasteiger partial charge in [0.15, 0.2) is 11.6 Å². The van der Waals surface area contributed by atoms with Crippen LogP contribution >= 0.6 is 11.6 Å². The fraction of sp³-hybridized carbons (Fsp3) is 0.200. The minimum absolute atomic E-state index is 0.0664. The predicted octanol–water partition coefficient (Wildman–Crippen LogP) is 2.45. The summed E-state index contributed by atoms with van der Waals surface area (Å²) in [6, 6.07) is 4.24. The second-order valence-corrected chi connectivity index (χ2v) is 3.26. The molecule has 14 heavy (non-hydrogen) atoms. The van der Waals surface area contributed by atoms with Gasteiger partial charge >= 0.3 is 0 Å². The fourth-order valence-electron chi connectivity index (χ4n) is 0.916. The lowest BCUT2D eigenvalue weighted by Crippen LogP contribution is -1.99. The van der Waals surface area contributed by atoms with E-state index in [1.165, 1.54) is 12.1 Å². The van der Waals surface area contributed by atoms with Gasteiger partial charge in [-0.15, -0.1) is 0 Å². The van der Waals surface area contributed by atoms with Crippen LogP contribution in [0.1, 0.15) is 5.56 Å². The molecular formula is C10H10ClFO2. The molecule has 1 N–H and O–H groups in total. The number of aliphatic hydroxyl groups excluding tert-OH is 1. The van der Waals surface area contributed by atoms with E-state index in [1.54, 1.807) is 6.07 Å². The smallest absolute Gasteiger partial charge is 0.165 e. The average Bonchev–Trinajstić information content (AvgIpc) is 2.15. The molecule has 0 saturated heterocycles. The van der Waals surface area contributed by atoms with Gasteiger partial charge in [-0.2, -0.15) is 0 Å². The van der Waals surface area contributed by atoms with Gasteiger partial charge in [0, 0.05) is 5.03 Å². The van der Waals surface area contributed by atoms with Crippen molar-refractivity contribution in [3.8, 4) is 5.75 Å². The second kappa shape index (κ2) is 4.98. The first-order valence-corrected chi connectivity index (χ1v) is 4.36. The Kier molecular flexibility index (Phi) is 3.92. The SMILES string of the molecule is C=C(Cl)COc1ccc(CO)cc1F. The van der Waals surface area contributed by atoms with E-state index < -0.39 is 5.82 Å². The van der Waals surface area contributed by atoms with Gasteiger partial charge in [-0.3, -0.25) is 0 Å². The maximum absolute atomic E-state index is 13.2. The summed E-state index contributed by atoms with van der Waals surface area (Å²) in [4.78, 5) is 0.